The molecule has 0 aromatic rings. The second-order valence-corrected chi connectivity index (χ2v) is 1.34. The Morgan fingerprint density at radius 2 is 1.12 bits per heavy atom. The average molecular weight is 169 g/mol. The van der Waals surface area contributed by atoms with Gasteiger partial charge in [-0.05, 0) is 0 Å². The molecule has 0 atom stereocenters. The Hall–Kier alpha value is 1.35. The summed E-state index contributed by atoms with van der Waals surface area (Å²) in [4.78, 5) is 25.6. The van der Waals surface area contributed by atoms with Gasteiger partial charge in [-0.3, -0.25) is 0 Å². The van der Waals surface area contributed by atoms with Crippen molar-refractivity contribution in [2.45, 2.75) is 0 Å². The standard InChI is InChI=1S/F.Li.H3O4P.Ti/c;;1-5(2,3)4;/h;;(H3,1,2,3,4);/q;+1;;+4/p-3. The van der Waals surface area contributed by atoms with Crippen molar-refractivity contribution in [3.8, 4) is 0 Å². The van der Waals surface area contributed by atoms with Crippen LogP contribution in [0.1, 0.15) is 0 Å². The van der Waals surface area contributed by atoms with Crippen LogP contribution in [0.5, 0.6) is 0 Å². The van der Waals surface area contributed by atoms with Gasteiger partial charge in [0.05, 0.1) is 0 Å². The molecule has 0 aliphatic carbocycles. The molecular formula is FLiO4PTi+2. The van der Waals surface area contributed by atoms with Gasteiger partial charge < -0.3 is 19.2 Å². The van der Waals surface area contributed by atoms with Crippen LogP contribution in [0, 0.1) is 0 Å². The van der Waals surface area contributed by atoms with Crippen LogP contribution in [0.4, 0.5) is 4.70 Å². The first-order chi connectivity index (χ1) is 2.00. The quantitative estimate of drug-likeness (QED) is 0.267. The minimum Gasteiger partial charge on any atom is -0.822 e. The van der Waals surface area contributed by atoms with Crippen LogP contribution in [0.2, 0.25) is 0 Å². The third-order valence-corrected chi connectivity index (χ3v) is 0. The minimum absolute atomic E-state index is 0. The molecule has 0 amide bonds. The summed E-state index contributed by atoms with van der Waals surface area (Å²) in [5.74, 6) is 0. The SMILES string of the molecule is O=P([O-])([O-])[O-].[F].[Li+].[Ti+4]. The molecule has 0 unspecified atom stereocenters. The van der Waals surface area contributed by atoms with Crippen molar-refractivity contribution in [2.24, 2.45) is 0 Å². The van der Waals surface area contributed by atoms with E-state index < -0.39 is 7.82 Å². The second kappa shape index (κ2) is 8.35. The van der Waals surface area contributed by atoms with Crippen molar-refractivity contribution in [3.63, 3.8) is 0 Å². The summed E-state index contributed by atoms with van der Waals surface area (Å²) in [6, 6.07) is 0. The van der Waals surface area contributed by atoms with Crippen LogP contribution in [0.15, 0.2) is 0 Å². The largest absolute Gasteiger partial charge is 4.00 e. The summed E-state index contributed by atoms with van der Waals surface area (Å²) >= 11 is 0. The Balaban J connectivity index is -0.0000000267. The first-order valence-corrected chi connectivity index (χ1v) is 2.19. The van der Waals surface area contributed by atoms with Crippen LogP contribution in [0.25, 0.3) is 0 Å². The molecule has 39 valence electrons. The van der Waals surface area contributed by atoms with Gasteiger partial charge in [0.25, 0.3) is 0 Å². The molecule has 0 saturated carbocycles. The smallest absolute Gasteiger partial charge is 0.822 e. The Bertz CT molecular complexity index is 62.2. The Labute approximate surface area is 72.3 Å². The molecule has 0 saturated heterocycles. The van der Waals surface area contributed by atoms with Crippen molar-refractivity contribution < 1.29 is 64.5 Å². The van der Waals surface area contributed by atoms with Crippen LogP contribution in [-0.2, 0) is 26.3 Å². The summed E-state index contributed by atoms with van der Waals surface area (Å²) in [5.41, 5.74) is 0. The summed E-state index contributed by atoms with van der Waals surface area (Å²) in [6.45, 7) is 0. The van der Waals surface area contributed by atoms with E-state index in [-0.39, 0.29) is 45.3 Å². The van der Waals surface area contributed by atoms with E-state index in [1.165, 1.54) is 0 Å². The van der Waals surface area contributed by atoms with Gasteiger partial charge in [-0.2, -0.15) is 7.82 Å². The van der Waals surface area contributed by atoms with Gasteiger partial charge in [0.2, 0.25) is 0 Å². The maximum absolute atomic E-state index is 8.55. The zero-order valence-electron chi connectivity index (χ0n) is 3.96. The zero-order valence-corrected chi connectivity index (χ0v) is 6.41. The predicted molar refractivity (Wildman–Crippen MR) is 8.71 cm³/mol. The first-order valence-electron chi connectivity index (χ1n) is 0.730. The molecule has 0 rings (SSSR count). The summed E-state index contributed by atoms with van der Waals surface area (Å²) in [7, 11) is -5.39. The Morgan fingerprint density at radius 1 is 1.12 bits per heavy atom. The van der Waals surface area contributed by atoms with Crippen molar-refractivity contribution in [1.82, 2.24) is 0 Å². The molecule has 8 heavy (non-hydrogen) atoms. The molecule has 0 aromatic carbocycles. The van der Waals surface area contributed by atoms with Gasteiger partial charge >= 0.3 is 40.6 Å². The fourth-order valence-corrected chi connectivity index (χ4v) is 0. The van der Waals surface area contributed by atoms with E-state index in [2.05, 4.69) is 0 Å². The second-order valence-electron chi connectivity index (χ2n) is 0.447. The van der Waals surface area contributed by atoms with E-state index in [1.807, 2.05) is 0 Å². The molecule has 0 spiro atoms. The maximum atomic E-state index is 8.55. The van der Waals surface area contributed by atoms with Gasteiger partial charge in [0.15, 0.2) is 0 Å². The third-order valence-electron chi connectivity index (χ3n) is 0. The number of phosphoric acid groups is 1. The number of hydrogen-bond acceptors (Lipinski definition) is 4. The van der Waals surface area contributed by atoms with Crippen molar-refractivity contribution in [3.05, 3.63) is 0 Å². The Morgan fingerprint density at radius 3 is 1.12 bits per heavy atom. The topological polar surface area (TPSA) is 86.2 Å². The fourth-order valence-electron chi connectivity index (χ4n) is 0. The molecule has 1 radical (unpaired) electrons. The van der Waals surface area contributed by atoms with Crippen LogP contribution in [-0.4, -0.2) is 0 Å². The van der Waals surface area contributed by atoms with Gasteiger partial charge in [0, 0.05) is 4.70 Å². The van der Waals surface area contributed by atoms with Gasteiger partial charge in [-0.25, -0.2) is 0 Å². The zero-order chi connectivity index (χ0) is 4.50. The molecule has 8 heteroatoms. The molecular weight excluding hydrogens is 169 g/mol. The summed E-state index contributed by atoms with van der Waals surface area (Å²) < 4.78 is 8.55. The monoisotopic (exact) mass is 169 g/mol. The number of rotatable bonds is 0. The molecule has 0 aromatic heterocycles. The van der Waals surface area contributed by atoms with Gasteiger partial charge in [-0.1, -0.05) is 0 Å². The van der Waals surface area contributed by atoms with Crippen molar-refractivity contribution in [2.75, 3.05) is 0 Å². The van der Waals surface area contributed by atoms with Crippen molar-refractivity contribution in [1.29, 1.82) is 0 Å². The molecule has 0 fully saturated rings. The van der Waals surface area contributed by atoms with E-state index in [9.17, 15) is 0 Å². The summed E-state index contributed by atoms with van der Waals surface area (Å²) in [6.07, 6.45) is 0. The molecule has 0 heterocycles. The minimum atomic E-state index is -5.39. The molecule has 0 bridgehead atoms. The van der Waals surface area contributed by atoms with E-state index in [1.54, 1.807) is 0 Å². The Kier molecular flexibility index (Phi) is 23.8. The predicted octanol–water partition coefficient (Wildman–Crippen LogP) is -5.40. The molecule has 0 aliphatic rings. The van der Waals surface area contributed by atoms with Crippen molar-refractivity contribution >= 4 is 7.82 Å². The van der Waals surface area contributed by atoms with E-state index in [0.29, 0.717) is 0 Å². The van der Waals surface area contributed by atoms with Crippen LogP contribution >= 0.6 is 7.82 Å². The number of hydrogen-bond donors (Lipinski definition) is 0. The number of halogens is 1. The van der Waals surface area contributed by atoms with Crippen LogP contribution in [0.3, 0.4) is 0 Å². The van der Waals surface area contributed by atoms with E-state index in [4.69, 9.17) is 19.2 Å². The van der Waals surface area contributed by atoms with Crippen LogP contribution < -0.4 is 33.5 Å². The summed E-state index contributed by atoms with van der Waals surface area (Å²) in [5, 5.41) is 0. The van der Waals surface area contributed by atoms with E-state index >= 15 is 0 Å². The molecule has 4 nitrogen and oxygen atoms in total. The fraction of sp³-hybridized carbons (Fsp3) is 0. The average Bonchev–Trinajstić information content (AvgIpc) is 0.722. The van der Waals surface area contributed by atoms with Gasteiger partial charge in [0.1, 0.15) is 0 Å². The van der Waals surface area contributed by atoms with Gasteiger partial charge in [-0.15, -0.1) is 0 Å². The normalized spacial score (nSPS) is 7.38. The van der Waals surface area contributed by atoms with E-state index in [0.717, 1.165) is 0 Å². The maximum Gasteiger partial charge on any atom is 4.00 e. The molecule has 0 N–H and O–H groups in total. The first kappa shape index (κ1) is 22.8. The molecule has 0 aliphatic heterocycles. The third kappa shape index (κ3) is 162.